The maximum atomic E-state index is 6.15. The van der Waals surface area contributed by atoms with Crippen molar-refractivity contribution in [2.75, 3.05) is 6.61 Å². The first-order valence-electron chi connectivity index (χ1n) is 6.67. The number of nitrogens with two attached hydrogens (primary N) is 1. The van der Waals surface area contributed by atoms with E-state index in [9.17, 15) is 0 Å². The Kier molecular flexibility index (Phi) is 4.58. The molecule has 0 bridgehead atoms. The summed E-state index contributed by atoms with van der Waals surface area (Å²) < 4.78 is 5.70. The fourth-order valence-corrected chi connectivity index (χ4v) is 1.92. The highest BCUT2D eigenvalue weighted by Gasteiger charge is 2.05. The Morgan fingerprint density at radius 3 is 2.00 bits per heavy atom. The Bertz CT molecular complexity index is 502. The molecule has 0 saturated heterocycles. The van der Waals surface area contributed by atoms with Crippen LogP contribution in [0.1, 0.15) is 29.2 Å². The van der Waals surface area contributed by atoms with E-state index in [2.05, 4.69) is 50.2 Å². The van der Waals surface area contributed by atoms with Crippen molar-refractivity contribution in [3.8, 4) is 5.75 Å². The normalized spacial score (nSPS) is 12.2. The largest absolute Gasteiger partial charge is 0.494 e. The molecule has 2 rings (SSSR count). The van der Waals surface area contributed by atoms with Crippen molar-refractivity contribution in [1.82, 2.24) is 0 Å². The predicted octanol–water partition coefficient (Wildman–Crippen LogP) is 3.77. The summed E-state index contributed by atoms with van der Waals surface area (Å²) >= 11 is 0. The Hall–Kier alpha value is -1.80. The lowest BCUT2D eigenvalue weighted by Gasteiger charge is -2.13. The highest BCUT2D eigenvalue weighted by molar-refractivity contribution is 5.26. The molecule has 19 heavy (non-hydrogen) atoms. The van der Waals surface area contributed by atoms with Gasteiger partial charge in [0.15, 0.2) is 0 Å². The summed E-state index contributed by atoms with van der Waals surface area (Å²) in [6.07, 6.45) is 0.816. The van der Waals surface area contributed by atoms with Crippen LogP contribution in [0.5, 0.6) is 5.75 Å². The standard InChI is InChI=1S/C17H21NO/c1-13-3-7-15(8-4-13)17(18)11-12-19-16-9-5-14(2)6-10-16/h3-10,17H,11-12,18H2,1-2H3. The minimum atomic E-state index is 0.0334. The van der Waals surface area contributed by atoms with E-state index >= 15 is 0 Å². The second-order valence-electron chi connectivity index (χ2n) is 4.97. The first-order valence-corrected chi connectivity index (χ1v) is 6.67. The SMILES string of the molecule is Cc1ccc(OCCC(N)c2ccc(C)cc2)cc1. The molecule has 100 valence electrons. The fourth-order valence-electron chi connectivity index (χ4n) is 1.92. The van der Waals surface area contributed by atoms with E-state index in [4.69, 9.17) is 10.5 Å². The zero-order valence-electron chi connectivity index (χ0n) is 11.6. The van der Waals surface area contributed by atoms with Gasteiger partial charge in [-0.1, -0.05) is 47.5 Å². The van der Waals surface area contributed by atoms with Crippen molar-refractivity contribution in [2.24, 2.45) is 5.73 Å². The average molecular weight is 255 g/mol. The molecule has 1 unspecified atom stereocenters. The molecule has 2 aromatic carbocycles. The topological polar surface area (TPSA) is 35.2 Å². The molecule has 2 heteroatoms. The van der Waals surface area contributed by atoms with Gasteiger partial charge in [-0.15, -0.1) is 0 Å². The van der Waals surface area contributed by atoms with Gasteiger partial charge in [-0.25, -0.2) is 0 Å². The van der Waals surface area contributed by atoms with Crippen molar-refractivity contribution < 1.29 is 4.74 Å². The van der Waals surface area contributed by atoms with E-state index in [0.29, 0.717) is 6.61 Å². The van der Waals surface area contributed by atoms with Crippen molar-refractivity contribution in [1.29, 1.82) is 0 Å². The third kappa shape index (κ3) is 4.11. The minimum Gasteiger partial charge on any atom is -0.494 e. The van der Waals surface area contributed by atoms with Gasteiger partial charge in [-0.2, -0.15) is 0 Å². The molecule has 0 fully saturated rings. The first-order chi connectivity index (χ1) is 9.15. The summed E-state index contributed by atoms with van der Waals surface area (Å²) in [7, 11) is 0. The van der Waals surface area contributed by atoms with Crippen molar-refractivity contribution in [3.63, 3.8) is 0 Å². The summed E-state index contributed by atoms with van der Waals surface area (Å²) in [5.74, 6) is 0.904. The Morgan fingerprint density at radius 2 is 1.42 bits per heavy atom. The zero-order valence-corrected chi connectivity index (χ0v) is 11.6. The van der Waals surface area contributed by atoms with Crippen molar-refractivity contribution in [2.45, 2.75) is 26.3 Å². The Morgan fingerprint density at radius 1 is 0.895 bits per heavy atom. The molecule has 2 N–H and O–H groups in total. The molecule has 1 atom stereocenters. The van der Waals surface area contributed by atoms with Crippen molar-refractivity contribution in [3.05, 3.63) is 65.2 Å². The van der Waals surface area contributed by atoms with Crippen LogP contribution in [-0.4, -0.2) is 6.61 Å². The van der Waals surface area contributed by atoms with Crippen LogP contribution in [0.2, 0.25) is 0 Å². The number of rotatable bonds is 5. The zero-order chi connectivity index (χ0) is 13.7. The van der Waals surface area contributed by atoms with Gasteiger partial charge in [0.25, 0.3) is 0 Å². The van der Waals surface area contributed by atoms with E-state index in [0.717, 1.165) is 17.7 Å². The Labute approximate surface area is 115 Å². The maximum Gasteiger partial charge on any atom is 0.119 e. The lowest BCUT2D eigenvalue weighted by Crippen LogP contribution is -2.14. The van der Waals surface area contributed by atoms with Gasteiger partial charge in [0, 0.05) is 12.5 Å². The molecule has 0 aliphatic heterocycles. The van der Waals surface area contributed by atoms with Crippen LogP contribution in [0.4, 0.5) is 0 Å². The maximum absolute atomic E-state index is 6.15. The average Bonchev–Trinajstić information content (AvgIpc) is 2.41. The molecule has 0 aliphatic carbocycles. The van der Waals surface area contributed by atoms with E-state index in [1.54, 1.807) is 0 Å². The summed E-state index contributed by atoms with van der Waals surface area (Å²) in [6, 6.07) is 16.5. The van der Waals surface area contributed by atoms with Crippen LogP contribution in [-0.2, 0) is 0 Å². The number of aryl methyl sites for hydroxylation is 2. The van der Waals surface area contributed by atoms with Gasteiger partial charge < -0.3 is 10.5 Å². The number of hydrogen-bond donors (Lipinski definition) is 1. The summed E-state index contributed by atoms with van der Waals surface area (Å²) in [4.78, 5) is 0. The number of benzene rings is 2. The molecule has 2 nitrogen and oxygen atoms in total. The van der Waals surface area contributed by atoms with Gasteiger partial charge in [0.1, 0.15) is 5.75 Å². The van der Waals surface area contributed by atoms with E-state index in [-0.39, 0.29) is 6.04 Å². The smallest absolute Gasteiger partial charge is 0.119 e. The van der Waals surface area contributed by atoms with Crippen LogP contribution >= 0.6 is 0 Å². The highest BCUT2D eigenvalue weighted by Crippen LogP contribution is 2.16. The van der Waals surface area contributed by atoms with Crippen LogP contribution in [0, 0.1) is 13.8 Å². The molecule has 0 amide bonds. The van der Waals surface area contributed by atoms with Crippen LogP contribution in [0.3, 0.4) is 0 Å². The van der Waals surface area contributed by atoms with E-state index in [1.165, 1.54) is 11.1 Å². The molecule has 0 saturated carbocycles. The van der Waals surface area contributed by atoms with Crippen LogP contribution in [0.15, 0.2) is 48.5 Å². The third-order valence-corrected chi connectivity index (χ3v) is 3.22. The van der Waals surface area contributed by atoms with E-state index < -0.39 is 0 Å². The van der Waals surface area contributed by atoms with Crippen molar-refractivity contribution >= 4 is 0 Å². The highest BCUT2D eigenvalue weighted by atomic mass is 16.5. The van der Waals surface area contributed by atoms with Gasteiger partial charge in [-0.3, -0.25) is 0 Å². The van der Waals surface area contributed by atoms with Gasteiger partial charge in [0.05, 0.1) is 6.61 Å². The predicted molar refractivity (Wildman–Crippen MR) is 79.4 cm³/mol. The summed E-state index contributed by atoms with van der Waals surface area (Å²) in [5.41, 5.74) is 9.81. The molecule has 2 aromatic rings. The van der Waals surface area contributed by atoms with Crippen LogP contribution < -0.4 is 10.5 Å². The molecular weight excluding hydrogens is 234 g/mol. The number of hydrogen-bond acceptors (Lipinski definition) is 2. The molecule has 0 radical (unpaired) electrons. The van der Waals surface area contributed by atoms with E-state index in [1.807, 2.05) is 12.1 Å². The van der Waals surface area contributed by atoms with Gasteiger partial charge in [0.2, 0.25) is 0 Å². The lowest BCUT2D eigenvalue weighted by atomic mass is 10.0. The second kappa shape index (κ2) is 6.39. The monoisotopic (exact) mass is 255 g/mol. The minimum absolute atomic E-state index is 0.0334. The molecule has 0 heterocycles. The fraction of sp³-hybridized carbons (Fsp3) is 0.294. The van der Waals surface area contributed by atoms with Crippen LogP contribution in [0.25, 0.3) is 0 Å². The molecular formula is C17H21NO. The first kappa shape index (κ1) is 13.6. The number of ether oxygens (including phenoxy) is 1. The summed E-state index contributed by atoms with van der Waals surface area (Å²) in [5, 5.41) is 0. The Balaban J connectivity index is 1.82. The molecule has 0 spiro atoms. The quantitative estimate of drug-likeness (QED) is 0.882. The van der Waals surface area contributed by atoms with Gasteiger partial charge in [-0.05, 0) is 31.5 Å². The second-order valence-corrected chi connectivity index (χ2v) is 4.97. The molecule has 0 aliphatic rings. The van der Waals surface area contributed by atoms with Gasteiger partial charge >= 0.3 is 0 Å². The summed E-state index contributed by atoms with van der Waals surface area (Å²) in [6.45, 7) is 4.78. The third-order valence-electron chi connectivity index (χ3n) is 3.22. The molecule has 0 aromatic heterocycles. The lowest BCUT2D eigenvalue weighted by molar-refractivity contribution is 0.298.